The molecular formula is C14H17ClN2O3. The molecule has 1 aliphatic rings. The number of hydrogen-bond acceptors (Lipinski definition) is 4. The molecule has 0 aliphatic heterocycles. The number of carbonyl (C=O) groups is 2. The van der Waals surface area contributed by atoms with Crippen LogP contribution in [-0.2, 0) is 9.53 Å². The van der Waals surface area contributed by atoms with E-state index in [-0.39, 0.29) is 23.5 Å². The van der Waals surface area contributed by atoms with Crippen molar-refractivity contribution < 1.29 is 14.3 Å². The summed E-state index contributed by atoms with van der Waals surface area (Å²) in [5, 5.41) is 0.229. The number of benzene rings is 1. The summed E-state index contributed by atoms with van der Waals surface area (Å²) in [5.41, 5.74) is 6.38. The second kappa shape index (κ2) is 6.13. The van der Waals surface area contributed by atoms with Gasteiger partial charge in [-0.2, -0.15) is 0 Å². The predicted molar refractivity (Wildman–Crippen MR) is 76.6 cm³/mol. The van der Waals surface area contributed by atoms with E-state index in [2.05, 4.69) is 0 Å². The third-order valence-corrected chi connectivity index (χ3v) is 3.53. The average Bonchev–Trinajstić information content (AvgIpc) is 3.23. The Morgan fingerprint density at radius 2 is 2.15 bits per heavy atom. The van der Waals surface area contributed by atoms with Gasteiger partial charge in [0.15, 0.2) is 0 Å². The number of anilines is 1. The largest absolute Gasteiger partial charge is 0.465 e. The van der Waals surface area contributed by atoms with E-state index in [0.29, 0.717) is 17.9 Å². The van der Waals surface area contributed by atoms with Crippen LogP contribution in [0.25, 0.3) is 0 Å². The van der Waals surface area contributed by atoms with Crippen molar-refractivity contribution in [2.45, 2.75) is 25.8 Å². The minimum atomic E-state index is -0.409. The molecule has 0 spiro atoms. The van der Waals surface area contributed by atoms with Crippen LogP contribution in [0.15, 0.2) is 18.2 Å². The second-order valence-electron chi connectivity index (χ2n) is 4.68. The topological polar surface area (TPSA) is 72.6 Å². The van der Waals surface area contributed by atoms with Crippen LogP contribution in [0.2, 0.25) is 5.02 Å². The van der Waals surface area contributed by atoms with Gasteiger partial charge in [-0.25, -0.2) is 0 Å². The lowest BCUT2D eigenvalue weighted by molar-refractivity contribution is -0.144. The average molecular weight is 297 g/mol. The molecule has 1 amide bonds. The lowest BCUT2D eigenvalue weighted by Gasteiger charge is -2.22. The number of amides is 1. The number of ether oxygens (including phenoxy) is 1. The number of carbonyl (C=O) groups excluding carboxylic acids is 2. The fraction of sp³-hybridized carbons (Fsp3) is 0.429. The van der Waals surface area contributed by atoms with E-state index in [1.807, 2.05) is 0 Å². The van der Waals surface area contributed by atoms with Crippen LogP contribution in [-0.4, -0.2) is 36.0 Å². The third-order valence-electron chi connectivity index (χ3n) is 3.11. The maximum atomic E-state index is 12.5. The SMILES string of the molecule is CCOC(=O)CN(C(=O)c1cccc(N)c1Cl)C1CC1. The maximum absolute atomic E-state index is 12.5. The van der Waals surface area contributed by atoms with Gasteiger partial charge in [-0.3, -0.25) is 9.59 Å². The van der Waals surface area contributed by atoms with Crippen molar-refractivity contribution in [3.05, 3.63) is 28.8 Å². The molecule has 1 aromatic rings. The highest BCUT2D eigenvalue weighted by molar-refractivity contribution is 6.36. The Bertz CT molecular complexity index is 529. The number of rotatable bonds is 5. The first-order chi connectivity index (χ1) is 9.54. The van der Waals surface area contributed by atoms with Gasteiger partial charge in [0.2, 0.25) is 0 Å². The van der Waals surface area contributed by atoms with E-state index in [9.17, 15) is 9.59 Å². The number of esters is 1. The third kappa shape index (κ3) is 3.22. The van der Waals surface area contributed by atoms with E-state index < -0.39 is 5.97 Å². The molecule has 0 atom stereocenters. The molecule has 0 bridgehead atoms. The van der Waals surface area contributed by atoms with Crippen molar-refractivity contribution in [2.24, 2.45) is 0 Å². The number of halogens is 1. The summed E-state index contributed by atoms with van der Waals surface area (Å²) in [6.07, 6.45) is 1.79. The Kier molecular flexibility index (Phi) is 4.49. The number of nitrogen functional groups attached to an aromatic ring is 1. The Morgan fingerprint density at radius 1 is 1.45 bits per heavy atom. The van der Waals surface area contributed by atoms with E-state index >= 15 is 0 Å². The molecule has 20 heavy (non-hydrogen) atoms. The molecule has 5 nitrogen and oxygen atoms in total. The number of hydrogen-bond donors (Lipinski definition) is 1. The lowest BCUT2D eigenvalue weighted by atomic mass is 10.1. The Labute approximate surface area is 122 Å². The molecule has 0 unspecified atom stereocenters. The molecule has 0 heterocycles. The van der Waals surface area contributed by atoms with Crippen molar-refractivity contribution in [1.29, 1.82) is 0 Å². The van der Waals surface area contributed by atoms with Crippen molar-refractivity contribution in [2.75, 3.05) is 18.9 Å². The molecule has 2 rings (SSSR count). The molecule has 0 aromatic heterocycles. The summed E-state index contributed by atoms with van der Waals surface area (Å²) in [4.78, 5) is 25.6. The highest BCUT2D eigenvalue weighted by Gasteiger charge is 2.35. The first-order valence-electron chi connectivity index (χ1n) is 6.55. The summed E-state index contributed by atoms with van der Waals surface area (Å²) < 4.78 is 4.90. The van der Waals surface area contributed by atoms with E-state index in [1.165, 1.54) is 4.90 Å². The summed E-state index contributed by atoms with van der Waals surface area (Å²) in [6.45, 7) is 1.98. The van der Waals surface area contributed by atoms with Crippen molar-refractivity contribution in [1.82, 2.24) is 4.90 Å². The lowest BCUT2D eigenvalue weighted by Crippen LogP contribution is -2.38. The monoisotopic (exact) mass is 296 g/mol. The number of nitrogens with two attached hydrogens (primary N) is 1. The van der Waals surface area contributed by atoms with E-state index in [1.54, 1.807) is 25.1 Å². The van der Waals surface area contributed by atoms with E-state index in [4.69, 9.17) is 22.1 Å². The molecule has 0 saturated heterocycles. The highest BCUT2D eigenvalue weighted by atomic mass is 35.5. The molecule has 1 fully saturated rings. The van der Waals surface area contributed by atoms with Crippen LogP contribution in [0, 0.1) is 0 Å². The van der Waals surface area contributed by atoms with Crippen LogP contribution < -0.4 is 5.73 Å². The zero-order valence-electron chi connectivity index (χ0n) is 11.3. The Hall–Kier alpha value is -1.75. The number of nitrogens with zero attached hydrogens (tertiary/aromatic N) is 1. The first-order valence-corrected chi connectivity index (χ1v) is 6.93. The maximum Gasteiger partial charge on any atom is 0.325 e. The van der Waals surface area contributed by atoms with Crippen LogP contribution in [0.4, 0.5) is 5.69 Å². The van der Waals surface area contributed by atoms with Crippen molar-refractivity contribution >= 4 is 29.2 Å². The van der Waals surface area contributed by atoms with Crippen LogP contribution >= 0.6 is 11.6 Å². The highest BCUT2D eigenvalue weighted by Crippen LogP contribution is 2.31. The summed E-state index contributed by atoms with van der Waals surface area (Å²) >= 11 is 6.07. The zero-order chi connectivity index (χ0) is 14.7. The molecule has 1 saturated carbocycles. The molecule has 2 N–H and O–H groups in total. The molecule has 108 valence electrons. The fourth-order valence-corrected chi connectivity index (χ4v) is 2.18. The van der Waals surface area contributed by atoms with Crippen molar-refractivity contribution in [3.8, 4) is 0 Å². The Morgan fingerprint density at radius 3 is 2.75 bits per heavy atom. The molecular weight excluding hydrogens is 280 g/mol. The summed E-state index contributed by atoms with van der Waals surface area (Å²) in [7, 11) is 0. The second-order valence-corrected chi connectivity index (χ2v) is 5.06. The van der Waals surface area contributed by atoms with Gasteiger partial charge < -0.3 is 15.4 Å². The molecule has 1 aliphatic carbocycles. The standard InChI is InChI=1S/C14H17ClN2O3/c1-2-20-12(18)8-17(9-6-7-9)14(19)10-4-3-5-11(16)13(10)15/h3-5,9H,2,6-8,16H2,1H3. The van der Waals surface area contributed by atoms with Gasteiger partial charge in [0, 0.05) is 6.04 Å². The normalized spacial score (nSPS) is 13.9. The van der Waals surface area contributed by atoms with E-state index in [0.717, 1.165) is 12.8 Å². The fourth-order valence-electron chi connectivity index (χ4n) is 1.97. The van der Waals surface area contributed by atoms with Crippen molar-refractivity contribution in [3.63, 3.8) is 0 Å². The summed E-state index contributed by atoms with van der Waals surface area (Å²) in [6, 6.07) is 5.00. The molecule has 6 heteroatoms. The quantitative estimate of drug-likeness (QED) is 0.667. The van der Waals surface area contributed by atoms with Gasteiger partial charge in [0.25, 0.3) is 5.91 Å². The zero-order valence-corrected chi connectivity index (χ0v) is 12.0. The van der Waals surface area contributed by atoms with Gasteiger partial charge in [0.1, 0.15) is 6.54 Å². The minimum absolute atomic E-state index is 0.0531. The first kappa shape index (κ1) is 14.7. The van der Waals surface area contributed by atoms with Crippen LogP contribution in [0.5, 0.6) is 0 Å². The Balaban J connectivity index is 2.19. The van der Waals surface area contributed by atoms with Gasteiger partial charge in [-0.05, 0) is 31.9 Å². The summed E-state index contributed by atoms with van der Waals surface area (Å²) in [5.74, 6) is -0.689. The smallest absolute Gasteiger partial charge is 0.325 e. The van der Waals surface area contributed by atoms with Gasteiger partial charge >= 0.3 is 5.97 Å². The van der Waals surface area contributed by atoms with Crippen LogP contribution in [0.3, 0.4) is 0 Å². The van der Waals surface area contributed by atoms with Gasteiger partial charge in [0.05, 0.1) is 22.9 Å². The molecule has 1 aromatic carbocycles. The predicted octanol–water partition coefficient (Wildman–Crippen LogP) is 2.09. The minimum Gasteiger partial charge on any atom is -0.465 e. The van der Waals surface area contributed by atoms with Gasteiger partial charge in [-0.1, -0.05) is 17.7 Å². The molecule has 0 radical (unpaired) electrons. The van der Waals surface area contributed by atoms with Gasteiger partial charge in [-0.15, -0.1) is 0 Å². The van der Waals surface area contributed by atoms with Crippen LogP contribution in [0.1, 0.15) is 30.1 Å².